The topological polar surface area (TPSA) is 35.9 Å². The van der Waals surface area contributed by atoms with E-state index in [1.54, 1.807) is 13.2 Å². The van der Waals surface area contributed by atoms with Gasteiger partial charge in [0.2, 0.25) is 0 Å². The van der Waals surface area contributed by atoms with Crippen molar-refractivity contribution in [3.05, 3.63) is 48.5 Å². The highest BCUT2D eigenvalue weighted by molar-refractivity contribution is 7.65. The van der Waals surface area contributed by atoms with Crippen LogP contribution in [0.25, 0.3) is 0 Å². The van der Waals surface area contributed by atoms with Crippen LogP contribution in [-0.4, -0.2) is 44.4 Å². The number of hydrogen-bond donors (Lipinski definition) is 1. The predicted octanol–water partition coefficient (Wildman–Crippen LogP) is 2.94. The molecule has 3 radical (unpaired) electrons. The van der Waals surface area contributed by atoms with Crippen LogP contribution >= 0.6 is 8.22 Å². The maximum Gasteiger partial charge on any atom is 0.126 e. The molecule has 2 aromatic carbocycles. The molecule has 0 unspecified atom stereocenters. The van der Waals surface area contributed by atoms with Gasteiger partial charge in [-0.1, -0.05) is 18.2 Å². The number of phenols is 1. The summed E-state index contributed by atoms with van der Waals surface area (Å²) in [6, 6.07) is 16.7. The zero-order valence-electron chi connectivity index (χ0n) is 13.8. The largest absolute Gasteiger partial charge is 0.507 e. The van der Waals surface area contributed by atoms with Crippen molar-refractivity contribution < 1.29 is 9.84 Å². The molecule has 2 fully saturated rings. The van der Waals surface area contributed by atoms with E-state index < -0.39 is 8.22 Å². The molecule has 2 atom stereocenters. The predicted molar refractivity (Wildman–Crippen MR) is 100 cm³/mol. The van der Waals surface area contributed by atoms with Crippen LogP contribution in [0.3, 0.4) is 0 Å². The normalized spacial score (nSPS) is 23.0. The summed E-state index contributed by atoms with van der Waals surface area (Å²) in [6.45, 7) is 2.14. The molecule has 2 saturated heterocycles. The Morgan fingerprint density at radius 3 is 2.71 bits per heavy atom. The molecular weight excluding hydrogens is 318 g/mol. The second kappa shape index (κ2) is 7.04. The second-order valence-electron chi connectivity index (χ2n) is 6.02. The fraction of sp³-hybridized carbons (Fsp3) is 0.333. The van der Waals surface area contributed by atoms with E-state index in [-0.39, 0.29) is 8.41 Å². The molecule has 0 spiro atoms. The average Bonchev–Trinajstić information content (AvgIpc) is 3.17. The number of benzene rings is 2. The van der Waals surface area contributed by atoms with E-state index in [0.29, 0.717) is 11.8 Å². The number of anilines is 1. The second-order valence-corrected chi connectivity index (χ2v) is 8.08. The van der Waals surface area contributed by atoms with Crippen LogP contribution in [0.5, 0.6) is 11.5 Å². The first kappa shape index (κ1) is 17.1. The average molecular weight is 339 g/mol. The van der Waals surface area contributed by atoms with E-state index in [9.17, 15) is 5.11 Å². The first-order valence-corrected chi connectivity index (χ1v) is 9.29. The smallest absolute Gasteiger partial charge is 0.126 e. The highest BCUT2D eigenvalue weighted by Crippen LogP contribution is 2.56. The van der Waals surface area contributed by atoms with Gasteiger partial charge in [0.05, 0.1) is 12.4 Å². The lowest BCUT2D eigenvalue weighted by atomic mass is 10.2. The Balaban J connectivity index is 0.00000169. The minimum absolute atomic E-state index is 0. The summed E-state index contributed by atoms with van der Waals surface area (Å²) >= 11 is 0. The molecule has 2 heterocycles. The maximum atomic E-state index is 10.5. The summed E-state index contributed by atoms with van der Waals surface area (Å²) in [5.74, 6) is 1.17. The molecule has 0 aliphatic carbocycles. The summed E-state index contributed by atoms with van der Waals surface area (Å²) in [4.78, 5) is 0. The van der Waals surface area contributed by atoms with Gasteiger partial charge in [0.1, 0.15) is 19.7 Å². The van der Waals surface area contributed by atoms with Gasteiger partial charge in [-0.25, -0.2) is 0 Å². The lowest BCUT2D eigenvalue weighted by molar-refractivity contribution is 0.413. The fourth-order valence-corrected chi connectivity index (χ4v) is 6.41. The van der Waals surface area contributed by atoms with Crippen LogP contribution in [-0.2, 0) is 0 Å². The van der Waals surface area contributed by atoms with Crippen LogP contribution < -0.4 is 14.7 Å². The molecule has 2 aliphatic rings. The standard InChI is InChI=1S/C18H21N2O2P.B/c1-22-16-9-10-17(21)18(12-16)23-19-11-5-8-15(19)13-20(23)14-6-3-2-4-7-14;/h2-4,6-7,9-10,12,15,21H,5,8,11,13H2,1H3;/t15-,23-;/m0./s1. The SMILES string of the molecule is COc1ccc(O)c([P@]2N(c3ccccc3)C[C@@H]3CCCN32)c1.[B]. The van der Waals surface area contributed by atoms with Crippen LogP contribution in [0.1, 0.15) is 12.8 Å². The van der Waals surface area contributed by atoms with E-state index in [0.717, 1.165) is 24.1 Å². The van der Waals surface area contributed by atoms with Crippen molar-refractivity contribution in [1.82, 2.24) is 4.67 Å². The molecule has 6 heteroatoms. The first-order valence-electron chi connectivity index (χ1n) is 8.04. The Morgan fingerprint density at radius 1 is 1.17 bits per heavy atom. The Morgan fingerprint density at radius 2 is 1.96 bits per heavy atom. The molecule has 2 aliphatic heterocycles. The molecule has 1 N–H and O–H groups in total. The zero-order chi connectivity index (χ0) is 15.8. The van der Waals surface area contributed by atoms with Crippen molar-refractivity contribution in [2.45, 2.75) is 18.9 Å². The van der Waals surface area contributed by atoms with Gasteiger partial charge in [-0.3, -0.25) is 4.67 Å². The number of nitrogens with zero attached hydrogens (tertiary/aromatic N) is 2. The van der Waals surface area contributed by atoms with Crippen molar-refractivity contribution in [2.24, 2.45) is 0 Å². The van der Waals surface area contributed by atoms with Gasteiger partial charge in [0.15, 0.2) is 0 Å². The molecule has 0 bridgehead atoms. The lowest BCUT2D eigenvalue weighted by Crippen LogP contribution is -2.23. The van der Waals surface area contributed by atoms with Crippen LogP contribution in [0, 0.1) is 0 Å². The number of hydrogen-bond acceptors (Lipinski definition) is 4. The Kier molecular flexibility index (Phi) is 5.03. The van der Waals surface area contributed by atoms with Crippen LogP contribution in [0.4, 0.5) is 5.69 Å². The zero-order valence-corrected chi connectivity index (χ0v) is 14.7. The molecule has 4 nitrogen and oxygen atoms in total. The monoisotopic (exact) mass is 339 g/mol. The number of methoxy groups -OCH3 is 1. The minimum Gasteiger partial charge on any atom is -0.507 e. The third kappa shape index (κ3) is 2.87. The first-order chi connectivity index (χ1) is 11.3. The molecule has 0 aromatic heterocycles. The summed E-state index contributed by atoms with van der Waals surface area (Å²) in [5.41, 5.74) is 1.23. The van der Waals surface area contributed by atoms with Gasteiger partial charge >= 0.3 is 0 Å². The third-order valence-electron chi connectivity index (χ3n) is 4.65. The molecule has 4 rings (SSSR count). The third-order valence-corrected chi connectivity index (χ3v) is 7.31. The number of ether oxygens (including phenoxy) is 1. The molecule has 2 aromatic rings. The number of phenolic OH excluding ortho intramolecular Hbond substituents is 1. The molecular formula is C18H21BN2O2P. The van der Waals surface area contributed by atoms with Crippen LogP contribution in [0.2, 0.25) is 0 Å². The van der Waals surface area contributed by atoms with E-state index >= 15 is 0 Å². The van der Waals surface area contributed by atoms with E-state index in [4.69, 9.17) is 4.74 Å². The molecule has 0 amide bonds. The highest BCUT2D eigenvalue weighted by Gasteiger charge is 2.44. The Bertz CT molecular complexity index is 701. The number of para-hydroxylation sites is 1. The van der Waals surface area contributed by atoms with Crippen molar-refractivity contribution in [3.8, 4) is 11.5 Å². The lowest BCUT2D eigenvalue weighted by Gasteiger charge is -2.31. The maximum absolute atomic E-state index is 10.5. The van der Waals surface area contributed by atoms with E-state index in [1.165, 1.54) is 18.5 Å². The highest BCUT2D eigenvalue weighted by atomic mass is 31.1. The summed E-state index contributed by atoms with van der Waals surface area (Å²) in [7, 11) is 0.946. The van der Waals surface area contributed by atoms with E-state index in [1.807, 2.05) is 18.2 Å². The minimum atomic E-state index is -0.726. The van der Waals surface area contributed by atoms with Crippen molar-refractivity contribution in [2.75, 3.05) is 24.9 Å². The van der Waals surface area contributed by atoms with Gasteiger partial charge in [-0.2, -0.15) is 0 Å². The molecule has 123 valence electrons. The summed E-state index contributed by atoms with van der Waals surface area (Å²) in [6.07, 6.45) is 2.49. The van der Waals surface area contributed by atoms with Gasteiger partial charge in [0, 0.05) is 33.2 Å². The summed E-state index contributed by atoms with van der Waals surface area (Å²) < 4.78 is 10.4. The van der Waals surface area contributed by atoms with Gasteiger partial charge < -0.3 is 14.5 Å². The number of fused-ring (bicyclic) bond motifs is 1. The summed E-state index contributed by atoms with van der Waals surface area (Å²) in [5, 5.41) is 11.5. The van der Waals surface area contributed by atoms with Gasteiger partial charge in [-0.05, 0) is 43.2 Å². The molecule has 0 saturated carbocycles. The van der Waals surface area contributed by atoms with Crippen LogP contribution in [0.15, 0.2) is 48.5 Å². The quantitative estimate of drug-likeness (QED) is 0.689. The Labute approximate surface area is 146 Å². The Hall–Kier alpha value is -1.71. The number of rotatable bonds is 3. The van der Waals surface area contributed by atoms with Gasteiger partial charge in [0.25, 0.3) is 0 Å². The van der Waals surface area contributed by atoms with Gasteiger partial charge in [-0.15, -0.1) is 0 Å². The number of aromatic hydroxyl groups is 1. The van der Waals surface area contributed by atoms with E-state index in [2.05, 4.69) is 33.6 Å². The van der Waals surface area contributed by atoms with Crippen molar-refractivity contribution in [1.29, 1.82) is 0 Å². The van der Waals surface area contributed by atoms with Crippen molar-refractivity contribution in [3.63, 3.8) is 0 Å². The molecule has 24 heavy (non-hydrogen) atoms. The van der Waals surface area contributed by atoms with Crippen molar-refractivity contribution >= 4 is 27.6 Å². The fourth-order valence-electron chi connectivity index (χ4n) is 3.54.